The van der Waals surface area contributed by atoms with Crippen molar-refractivity contribution < 1.29 is 4.79 Å². The molecule has 2 atom stereocenters. The molecule has 0 aromatic carbocycles. The smallest absolute Gasteiger partial charge is 0.271 e. The highest BCUT2D eigenvalue weighted by Gasteiger charge is 2.36. The maximum Gasteiger partial charge on any atom is 0.271 e. The minimum atomic E-state index is -0.0927. The van der Waals surface area contributed by atoms with E-state index in [0.717, 1.165) is 18.7 Å². The largest absolute Gasteiger partial charge is 0.346 e. The molecule has 0 aliphatic carbocycles. The van der Waals surface area contributed by atoms with Crippen molar-refractivity contribution in [2.45, 2.75) is 44.7 Å². The summed E-state index contributed by atoms with van der Waals surface area (Å²) in [5.74, 6) is -0.0927. The van der Waals surface area contributed by atoms with Crippen molar-refractivity contribution in [3.63, 3.8) is 0 Å². The number of fused-ring (bicyclic) bond motifs is 1. The topological polar surface area (TPSA) is 58.1 Å². The fourth-order valence-corrected chi connectivity index (χ4v) is 3.17. The molecule has 2 unspecified atom stereocenters. The van der Waals surface area contributed by atoms with Crippen LogP contribution < -0.4 is 5.32 Å². The van der Waals surface area contributed by atoms with Gasteiger partial charge in [0.2, 0.25) is 0 Å². The molecule has 102 valence electrons. The molecule has 0 spiro atoms. The zero-order chi connectivity index (χ0) is 13.2. The molecule has 0 saturated carbocycles. The molecule has 1 aromatic rings. The predicted molar refractivity (Wildman–Crippen MR) is 71.9 cm³/mol. The third-order valence-electron chi connectivity index (χ3n) is 4.19. The summed E-state index contributed by atoms with van der Waals surface area (Å²) in [5.41, 5.74) is 1.25. The zero-order valence-electron chi connectivity index (χ0n) is 11.3. The zero-order valence-corrected chi connectivity index (χ0v) is 11.3. The molecule has 1 N–H and O–H groups in total. The summed E-state index contributed by atoms with van der Waals surface area (Å²) in [6, 6.07) is 0.798. The first-order valence-electron chi connectivity index (χ1n) is 7.07. The third-order valence-corrected chi connectivity index (χ3v) is 4.19. The average molecular weight is 260 g/mol. The van der Waals surface area contributed by atoms with Crippen molar-refractivity contribution in [1.29, 1.82) is 0 Å². The van der Waals surface area contributed by atoms with Crippen LogP contribution in [0.1, 0.15) is 41.9 Å². The number of amides is 1. The highest BCUT2D eigenvalue weighted by atomic mass is 16.2. The fraction of sp³-hybridized carbons (Fsp3) is 0.643. The molecule has 2 saturated heterocycles. The van der Waals surface area contributed by atoms with E-state index < -0.39 is 0 Å². The molecule has 1 aromatic heterocycles. The molecule has 2 fully saturated rings. The van der Waals surface area contributed by atoms with Gasteiger partial charge in [0, 0.05) is 24.8 Å². The molecule has 5 nitrogen and oxygen atoms in total. The summed E-state index contributed by atoms with van der Waals surface area (Å²) in [6.45, 7) is 4.15. The van der Waals surface area contributed by atoms with Crippen LogP contribution >= 0.6 is 0 Å². The van der Waals surface area contributed by atoms with Gasteiger partial charge in [0.1, 0.15) is 5.69 Å². The SMILES string of the molecule is Cc1cnc(C(=O)NC2CCN3CCCCC23)cn1. The molecule has 3 rings (SSSR count). The van der Waals surface area contributed by atoms with Crippen LogP contribution in [0.2, 0.25) is 0 Å². The van der Waals surface area contributed by atoms with Gasteiger partial charge in [-0.1, -0.05) is 6.42 Å². The van der Waals surface area contributed by atoms with E-state index in [1.54, 1.807) is 12.4 Å². The van der Waals surface area contributed by atoms with Crippen molar-refractivity contribution in [1.82, 2.24) is 20.2 Å². The minimum absolute atomic E-state index is 0.0927. The van der Waals surface area contributed by atoms with Crippen molar-refractivity contribution >= 4 is 5.91 Å². The van der Waals surface area contributed by atoms with Crippen molar-refractivity contribution in [2.24, 2.45) is 0 Å². The van der Waals surface area contributed by atoms with Crippen molar-refractivity contribution in [2.75, 3.05) is 13.1 Å². The Balaban J connectivity index is 1.65. The maximum atomic E-state index is 12.2. The molecule has 0 radical (unpaired) electrons. The van der Waals surface area contributed by atoms with Gasteiger partial charge in [-0.25, -0.2) is 4.98 Å². The van der Waals surface area contributed by atoms with E-state index >= 15 is 0 Å². The van der Waals surface area contributed by atoms with Gasteiger partial charge in [0.15, 0.2) is 0 Å². The van der Waals surface area contributed by atoms with Gasteiger partial charge in [0.05, 0.1) is 11.9 Å². The first kappa shape index (κ1) is 12.5. The lowest BCUT2D eigenvalue weighted by molar-refractivity contribution is 0.0910. The quantitative estimate of drug-likeness (QED) is 0.866. The predicted octanol–water partition coefficient (Wildman–Crippen LogP) is 1.14. The summed E-state index contributed by atoms with van der Waals surface area (Å²) in [7, 11) is 0. The van der Waals surface area contributed by atoms with E-state index in [9.17, 15) is 4.79 Å². The van der Waals surface area contributed by atoms with Gasteiger partial charge in [0.25, 0.3) is 5.91 Å². The van der Waals surface area contributed by atoms with E-state index in [2.05, 4.69) is 20.2 Å². The van der Waals surface area contributed by atoms with Crippen LogP contribution in [0.15, 0.2) is 12.4 Å². The number of nitrogens with one attached hydrogen (secondary N) is 1. The molecule has 19 heavy (non-hydrogen) atoms. The second-order valence-corrected chi connectivity index (χ2v) is 5.51. The Morgan fingerprint density at radius 2 is 2.16 bits per heavy atom. The Labute approximate surface area is 113 Å². The summed E-state index contributed by atoms with van der Waals surface area (Å²) in [6.07, 6.45) is 8.01. The molecule has 0 bridgehead atoms. The van der Waals surface area contributed by atoms with Gasteiger partial charge >= 0.3 is 0 Å². The number of aryl methyl sites for hydroxylation is 1. The summed E-state index contributed by atoms with van der Waals surface area (Å²) in [4.78, 5) is 22.9. The van der Waals surface area contributed by atoms with Crippen LogP contribution in [0.5, 0.6) is 0 Å². The number of piperidine rings is 1. The number of carbonyl (C=O) groups excluding carboxylic acids is 1. The Morgan fingerprint density at radius 1 is 1.26 bits per heavy atom. The molecule has 5 heteroatoms. The van der Waals surface area contributed by atoms with Crippen molar-refractivity contribution in [3.8, 4) is 0 Å². The maximum absolute atomic E-state index is 12.2. The van der Waals surface area contributed by atoms with Gasteiger partial charge in [-0.05, 0) is 32.7 Å². The average Bonchev–Trinajstić information content (AvgIpc) is 2.83. The Morgan fingerprint density at radius 3 is 2.95 bits per heavy atom. The van der Waals surface area contributed by atoms with Crippen LogP contribution in [0.25, 0.3) is 0 Å². The summed E-state index contributed by atoms with van der Waals surface area (Å²) in [5, 5.41) is 3.13. The molecule has 2 aliphatic heterocycles. The number of aromatic nitrogens is 2. The Kier molecular flexibility index (Phi) is 3.46. The minimum Gasteiger partial charge on any atom is -0.346 e. The summed E-state index contributed by atoms with van der Waals surface area (Å²) >= 11 is 0. The van der Waals surface area contributed by atoms with Gasteiger partial charge < -0.3 is 5.32 Å². The highest BCUT2D eigenvalue weighted by molar-refractivity contribution is 5.92. The van der Waals surface area contributed by atoms with Crippen molar-refractivity contribution in [3.05, 3.63) is 23.8 Å². The third kappa shape index (κ3) is 2.61. The van der Waals surface area contributed by atoms with E-state index in [-0.39, 0.29) is 11.9 Å². The number of nitrogens with zero attached hydrogens (tertiary/aromatic N) is 3. The Bertz CT molecular complexity index is 459. The molecular weight excluding hydrogens is 240 g/mol. The molecule has 3 heterocycles. The normalized spacial score (nSPS) is 27.0. The second kappa shape index (κ2) is 5.25. The van der Waals surface area contributed by atoms with E-state index in [1.165, 1.54) is 25.8 Å². The molecule has 1 amide bonds. The van der Waals surface area contributed by atoms with Gasteiger partial charge in [-0.15, -0.1) is 0 Å². The van der Waals surface area contributed by atoms with E-state index in [4.69, 9.17) is 0 Å². The first-order valence-corrected chi connectivity index (χ1v) is 7.07. The number of hydrogen-bond acceptors (Lipinski definition) is 4. The monoisotopic (exact) mass is 260 g/mol. The summed E-state index contributed by atoms with van der Waals surface area (Å²) < 4.78 is 0. The first-order chi connectivity index (χ1) is 9.24. The van der Waals surface area contributed by atoms with Crippen LogP contribution in [0.3, 0.4) is 0 Å². The van der Waals surface area contributed by atoms with Crippen LogP contribution in [0, 0.1) is 6.92 Å². The van der Waals surface area contributed by atoms with Gasteiger partial charge in [-0.2, -0.15) is 0 Å². The lowest BCUT2D eigenvalue weighted by Gasteiger charge is -2.32. The Hall–Kier alpha value is -1.49. The van der Waals surface area contributed by atoms with Crippen LogP contribution in [-0.4, -0.2) is 45.9 Å². The standard InChI is InChI=1S/C14H20N4O/c1-10-8-16-12(9-15-10)14(19)17-11-5-7-18-6-3-2-4-13(11)18/h8-9,11,13H,2-7H2,1H3,(H,17,19). The number of rotatable bonds is 2. The van der Waals surface area contributed by atoms with E-state index in [1.807, 2.05) is 6.92 Å². The molecule has 2 aliphatic rings. The fourth-order valence-electron chi connectivity index (χ4n) is 3.17. The lowest BCUT2D eigenvalue weighted by atomic mass is 9.99. The van der Waals surface area contributed by atoms with Crippen LogP contribution in [-0.2, 0) is 0 Å². The van der Waals surface area contributed by atoms with E-state index in [0.29, 0.717) is 11.7 Å². The molecular formula is C14H20N4O. The second-order valence-electron chi connectivity index (χ2n) is 5.51. The van der Waals surface area contributed by atoms with Gasteiger partial charge in [-0.3, -0.25) is 14.7 Å². The number of hydrogen-bond donors (Lipinski definition) is 1. The number of carbonyl (C=O) groups is 1. The van der Waals surface area contributed by atoms with Crippen LogP contribution in [0.4, 0.5) is 0 Å². The lowest BCUT2D eigenvalue weighted by Crippen LogP contribution is -2.46. The highest BCUT2D eigenvalue weighted by Crippen LogP contribution is 2.27.